The minimum absolute atomic E-state index is 0.142. The number of hydrogen-bond donors (Lipinski definition) is 1. The molecule has 0 aliphatic carbocycles. The van der Waals surface area contributed by atoms with Crippen molar-refractivity contribution in [2.24, 2.45) is 5.92 Å². The van der Waals surface area contributed by atoms with E-state index < -0.39 is 0 Å². The first-order valence-corrected chi connectivity index (χ1v) is 9.50. The summed E-state index contributed by atoms with van der Waals surface area (Å²) in [6.07, 6.45) is 10.0. The number of rotatable bonds is 6. The van der Waals surface area contributed by atoms with Crippen molar-refractivity contribution in [3.05, 3.63) is 42.7 Å². The predicted molar refractivity (Wildman–Crippen MR) is 100 cm³/mol. The quantitative estimate of drug-likeness (QED) is 0.804. The molecule has 1 amide bonds. The highest BCUT2D eigenvalue weighted by atomic mass is 16.1. The number of nitrogens with zero attached hydrogens (tertiary/aromatic N) is 3. The van der Waals surface area contributed by atoms with E-state index in [1.807, 2.05) is 12.4 Å². The molecule has 0 unspecified atom stereocenters. The highest BCUT2D eigenvalue weighted by molar-refractivity contribution is 5.79. The number of amides is 1. The monoisotopic (exact) mass is 342 g/mol. The number of carbonyl (C=O) groups excluding carboxylic acids is 1. The molecule has 2 saturated heterocycles. The Hall–Kier alpha value is -1.72. The molecule has 136 valence electrons. The minimum atomic E-state index is 0.142. The summed E-state index contributed by atoms with van der Waals surface area (Å²) in [5.74, 6) is 0.336. The second-order valence-corrected chi connectivity index (χ2v) is 7.23. The molecule has 2 fully saturated rings. The van der Waals surface area contributed by atoms with Gasteiger partial charge in [-0.25, -0.2) is 0 Å². The molecule has 1 aromatic heterocycles. The number of carbonyl (C=O) groups is 1. The Morgan fingerprint density at radius 2 is 2.00 bits per heavy atom. The maximum atomic E-state index is 12.2. The smallest absolute Gasteiger partial charge is 0.224 e. The van der Waals surface area contributed by atoms with Gasteiger partial charge < -0.3 is 5.32 Å². The Labute approximate surface area is 151 Å². The number of hydrogen-bond acceptors (Lipinski definition) is 4. The molecular formula is C20H30N4O. The van der Waals surface area contributed by atoms with Gasteiger partial charge in [0.25, 0.3) is 0 Å². The van der Waals surface area contributed by atoms with Crippen LogP contribution in [-0.4, -0.2) is 59.5 Å². The number of nitrogens with one attached hydrogen (secondary N) is 1. The van der Waals surface area contributed by atoms with E-state index in [9.17, 15) is 4.79 Å². The maximum Gasteiger partial charge on any atom is 0.224 e. The van der Waals surface area contributed by atoms with Crippen LogP contribution in [0.3, 0.4) is 0 Å². The first-order valence-electron chi connectivity index (χ1n) is 9.50. The molecule has 0 spiro atoms. The first kappa shape index (κ1) is 18.1. The van der Waals surface area contributed by atoms with Crippen LogP contribution in [0, 0.1) is 5.92 Å². The van der Waals surface area contributed by atoms with Gasteiger partial charge in [-0.3, -0.25) is 19.6 Å². The summed E-state index contributed by atoms with van der Waals surface area (Å²) in [6.45, 7) is 9.58. The van der Waals surface area contributed by atoms with Crippen LogP contribution < -0.4 is 5.32 Å². The molecule has 0 bridgehead atoms. The summed E-state index contributed by atoms with van der Waals surface area (Å²) in [6, 6.07) is 4.83. The average Bonchev–Trinajstić information content (AvgIpc) is 2.67. The van der Waals surface area contributed by atoms with Crippen molar-refractivity contribution < 1.29 is 4.79 Å². The molecule has 1 aromatic rings. The second-order valence-electron chi connectivity index (χ2n) is 7.23. The third-order valence-corrected chi connectivity index (χ3v) is 5.47. The molecule has 2 aliphatic heterocycles. The first-order chi connectivity index (χ1) is 12.3. The average molecular weight is 342 g/mol. The van der Waals surface area contributed by atoms with Crippen LogP contribution in [0.15, 0.2) is 37.2 Å². The summed E-state index contributed by atoms with van der Waals surface area (Å²) in [4.78, 5) is 21.4. The van der Waals surface area contributed by atoms with Gasteiger partial charge >= 0.3 is 0 Å². The van der Waals surface area contributed by atoms with Crippen LogP contribution in [-0.2, 0) is 11.3 Å². The minimum Gasteiger partial charge on any atom is -0.352 e. The predicted octanol–water partition coefficient (Wildman–Crippen LogP) is 2.06. The van der Waals surface area contributed by atoms with Crippen molar-refractivity contribution in [1.29, 1.82) is 0 Å². The molecule has 1 atom stereocenters. The van der Waals surface area contributed by atoms with E-state index >= 15 is 0 Å². The Balaban J connectivity index is 1.45. The molecule has 2 aliphatic rings. The second kappa shape index (κ2) is 9.11. The summed E-state index contributed by atoms with van der Waals surface area (Å²) in [7, 11) is 0. The highest BCUT2D eigenvalue weighted by Crippen LogP contribution is 2.24. The summed E-state index contributed by atoms with van der Waals surface area (Å²) in [5, 5.41) is 2.96. The van der Waals surface area contributed by atoms with Gasteiger partial charge in [0.1, 0.15) is 0 Å². The van der Waals surface area contributed by atoms with Crippen LogP contribution in [0.2, 0.25) is 0 Å². The van der Waals surface area contributed by atoms with Gasteiger partial charge in [-0.05, 0) is 63.0 Å². The largest absolute Gasteiger partial charge is 0.352 e. The standard InChI is InChI=1S/C20H30N4O/c1-2-9-22-20(25)18-4-3-12-24(16-18)19-7-13-23(14-8-19)15-17-5-10-21-11-6-17/h2,5-6,10-11,18-19H,1,3-4,7-9,12-16H2,(H,22,25)/t18-/m0/s1. The van der Waals surface area contributed by atoms with Gasteiger partial charge in [-0.15, -0.1) is 6.58 Å². The molecule has 5 nitrogen and oxygen atoms in total. The van der Waals surface area contributed by atoms with E-state index in [4.69, 9.17) is 0 Å². The van der Waals surface area contributed by atoms with E-state index in [0.29, 0.717) is 12.6 Å². The normalized spacial score (nSPS) is 23.3. The van der Waals surface area contributed by atoms with Crippen LogP contribution in [0.1, 0.15) is 31.2 Å². The Morgan fingerprint density at radius 1 is 1.24 bits per heavy atom. The zero-order chi connectivity index (χ0) is 17.5. The third-order valence-electron chi connectivity index (χ3n) is 5.47. The van der Waals surface area contributed by atoms with Crippen molar-refractivity contribution >= 4 is 5.91 Å². The molecule has 5 heteroatoms. The van der Waals surface area contributed by atoms with Gasteiger partial charge in [0, 0.05) is 38.1 Å². The fourth-order valence-corrected chi connectivity index (χ4v) is 4.06. The van der Waals surface area contributed by atoms with E-state index in [2.05, 4.69) is 38.8 Å². The van der Waals surface area contributed by atoms with Gasteiger partial charge in [-0.2, -0.15) is 0 Å². The maximum absolute atomic E-state index is 12.2. The third kappa shape index (κ3) is 5.13. The van der Waals surface area contributed by atoms with Gasteiger partial charge in [-0.1, -0.05) is 6.08 Å². The SMILES string of the molecule is C=CCNC(=O)[C@H]1CCCN(C2CCN(Cc3ccncc3)CC2)C1. The molecule has 1 N–H and O–H groups in total. The molecule has 25 heavy (non-hydrogen) atoms. The van der Waals surface area contributed by atoms with Crippen molar-refractivity contribution in [2.75, 3.05) is 32.7 Å². The van der Waals surface area contributed by atoms with Crippen LogP contribution in [0.4, 0.5) is 0 Å². The van der Waals surface area contributed by atoms with Crippen molar-refractivity contribution in [3.8, 4) is 0 Å². The summed E-state index contributed by atoms with van der Waals surface area (Å²) >= 11 is 0. The Kier molecular flexibility index (Phi) is 6.59. The fraction of sp³-hybridized carbons (Fsp3) is 0.600. The lowest BCUT2D eigenvalue weighted by Gasteiger charge is -2.42. The number of likely N-dealkylation sites (tertiary alicyclic amines) is 2. The molecule has 3 heterocycles. The molecule has 0 saturated carbocycles. The van der Waals surface area contributed by atoms with Gasteiger partial charge in [0.15, 0.2) is 0 Å². The van der Waals surface area contributed by atoms with Crippen LogP contribution in [0.5, 0.6) is 0 Å². The van der Waals surface area contributed by atoms with Crippen LogP contribution >= 0.6 is 0 Å². The summed E-state index contributed by atoms with van der Waals surface area (Å²) in [5.41, 5.74) is 1.34. The summed E-state index contributed by atoms with van der Waals surface area (Å²) < 4.78 is 0. The van der Waals surface area contributed by atoms with Crippen molar-refractivity contribution in [3.63, 3.8) is 0 Å². The molecule has 0 aromatic carbocycles. The molecular weight excluding hydrogens is 312 g/mol. The number of piperidine rings is 2. The number of aromatic nitrogens is 1. The highest BCUT2D eigenvalue weighted by Gasteiger charge is 2.31. The zero-order valence-corrected chi connectivity index (χ0v) is 15.1. The zero-order valence-electron chi connectivity index (χ0n) is 15.1. The lowest BCUT2D eigenvalue weighted by atomic mass is 9.93. The van der Waals surface area contributed by atoms with Crippen molar-refractivity contribution in [1.82, 2.24) is 20.1 Å². The molecule has 0 radical (unpaired) electrons. The number of pyridine rings is 1. The lowest BCUT2D eigenvalue weighted by molar-refractivity contribution is -0.127. The lowest BCUT2D eigenvalue weighted by Crippen LogP contribution is -2.50. The van der Waals surface area contributed by atoms with Gasteiger partial charge in [0.2, 0.25) is 5.91 Å². The van der Waals surface area contributed by atoms with Crippen LogP contribution in [0.25, 0.3) is 0 Å². The Morgan fingerprint density at radius 3 is 2.72 bits per heavy atom. The van der Waals surface area contributed by atoms with Gasteiger partial charge in [0.05, 0.1) is 5.92 Å². The fourth-order valence-electron chi connectivity index (χ4n) is 4.06. The van der Waals surface area contributed by atoms with E-state index in [-0.39, 0.29) is 11.8 Å². The van der Waals surface area contributed by atoms with E-state index in [1.165, 1.54) is 18.4 Å². The topological polar surface area (TPSA) is 48.5 Å². The molecule has 3 rings (SSSR count). The van der Waals surface area contributed by atoms with E-state index in [1.54, 1.807) is 6.08 Å². The Bertz CT molecular complexity index is 554. The van der Waals surface area contributed by atoms with Crippen molar-refractivity contribution in [2.45, 2.75) is 38.3 Å². The van der Waals surface area contributed by atoms with E-state index in [0.717, 1.165) is 45.6 Å².